The summed E-state index contributed by atoms with van der Waals surface area (Å²) in [5, 5.41) is 12.6. The quantitative estimate of drug-likeness (QED) is 0.0886. The fourth-order valence-electron chi connectivity index (χ4n) is 4.97. The third-order valence-corrected chi connectivity index (χ3v) is 11.5. The lowest BCUT2D eigenvalue weighted by Crippen LogP contribution is -2.34. The molecule has 0 saturated heterocycles. The maximum atomic E-state index is 5.27. The van der Waals surface area contributed by atoms with Crippen molar-refractivity contribution in [2.45, 2.75) is 46.3 Å². The van der Waals surface area contributed by atoms with Crippen molar-refractivity contribution in [2.75, 3.05) is 5.32 Å². The van der Waals surface area contributed by atoms with Crippen LogP contribution in [0.3, 0.4) is 0 Å². The van der Waals surface area contributed by atoms with Crippen LogP contribution < -0.4 is 31.9 Å². The predicted molar refractivity (Wildman–Crippen MR) is 200 cm³/mol. The predicted octanol–water partition coefficient (Wildman–Crippen LogP) is 7.98. The molecule has 0 aromatic heterocycles. The van der Waals surface area contributed by atoms with Gasteiger partial charge in [0, 0.05) is 33.6 Å². The summed E-state index contributed by atoms with van der Waals surface area (Å²) in [6.45, 7) is 9.20. The molecule has 0 bridgehead atoms. The standard InChI is InChI=1S/C39H42N4P2/c1-30(2)41-38(44(34-20-9-5-10-21-34)35-22-11-6-12-23-35)40-29-32-18-17-19-33(28-32)43-39(42-31(3)4)45(36-24-13-7-14-25-36)37-26-15-8-16-27-37/h5-28,30-31H,29H2,1-4H3,(H,40,41)(H,42,43). The van der Waals surface area contributed by atoms with Crippen molar-refractivity contribution in [2.24, 2.45) is 9.98 Å². The van der Waals surface area contributed by atoms with Gasteiger partial charge in [-0.2, -0.15) is 0 Å². The van der Waals surface area contributed by atoms with E-state index >= 15 is 0 Å². The van der Waals surface area contributed by atoms with E-state index in [1.807, 2.05) is 0 Å². The number of hydrogen-bond donors (Lipinski definition) is 2. The average Bonchev–Trinajstić information content (AvgIpc) is 3.05. The summed E-state index contributed by atoms with van der Waals surface area (Å²) < 4.78 is 0. The molecule has 0 spiro atoms. The lowest BCUT2D eigenvalue weighted by molar-refractivity contribution is 0.736. The van der Waals surface area contributed by atoms with Crippen LogP contribution in [0.15, 0.2) is 156 Å². The van der Waals surface area contributed by atoms with Crippen molar-refractivity contribution < 1.29 is 0 Å². The van der Waals surface area contributed by atoms with E-state index in [1.54, 1.807) is 0 Å². The van der Waals surface area contributed by atoms with Crippen LogP contribution >= 0.6 is 15.8 Å². The summed E-state index contributed by atoms with van der Waals surface area (Å²) in [6, 6.07) is 51.9. The maximum absolute atomic E-state index is 5.27. The van der Waals surface area contributed by atoms with Gasteiger partial charge >= 0.3 is 0 Å². The van der Waals surface area contributed by atoms with Crippen LogP contribution in [-0.2, 0) is 6.54 Å². The Hall–Kier alpha value is -4.10. The molecule has 6 heteroatoms. The van der Waals surface area contributed by atoms with Gasteiger partial charge in [0.25, 0.3) is 0 Å². The molecule has 0 fully saturated rings. The summed E-state index contributed by atoms with van der Waals surface area (Å²) in [4.78, 5) is 10.4. The van der Waals surface area contributed by atoms with Gasteiger partial charge in [0.1, 0.15) is 11.2 Å². The normalized spacial score (nSPS) is 12.3. The Kier molecular flexibility index (Phi) is 11.7. The first kappa shape index (κ1) is 32.3. The van der Waals surface area contributed by atoms with Gasteiger partial charge in [-0.05, 0) is 66.6 Å². The molecule has 5 aromatic rings. The number of amidine groups is 2. The highest BCUT2D eigenvalue weighted by Crippen LogP contribution is 2.37. The molecule has 45 heavy (non-hydrogen) atoms. The maximum Gasteiger partial charge on any atom is 0.133 e. The number of nitrogens with one attached hydrogen (secondary N) is 2. The molecule has 0 aliphatic heterocycles. The van der Waals surface area contributed by atoms with E-state index in [2.05, 4.69) is 184 Å². The molecule has 0 radical (unpaired) electrons. The van der Waals surface area contributed by atoms with E-state index in [9.17, 15) is 0 Å². The molecular formula is C39H42N4P2. The summed E-state index contributed by atoms with van der Waals surface area (Å²) in [5.41, 5.74) is 4.20. The number of hydrogen-bond acceptors (Lipinski definition) is 2. The molecule has 228 valence electrons. The van der Waals surface area contributed by atoms with Crippen molar-refractivity contribution in [3.8, 4) is 0 Å². The van der Waals surface area contributed by atoms with Crippen molar-refractivity contribution in [3.05, 3.63) is 151 Å². The molecule has 0 aliphatic carbocycles. The first-order chi connectivity index (χ1) is 22.0. The largest absolute Gasteiger partial charge is 0.367 e. The Morgan fingerprint density at radius 3 is 1.42 bits per heavy atom. The highest BCUT2D eigenvalue weighted by atomic mass is 31.1. The van der Waals surface area contributed by atoms with Gasteiger partial charge < -0.3 is 10.6 Å². The van der Waals surface area contributed by atoms with Crippen molar-refractivity contribution in [1.82, 2.24) is 5.32 Å². The zero-order chi connectivity index (χ0) is 31.4. The molecule has 0 unspecified atom stereocenters. The van der Waals surface area contributed by atoms with Gasteiger partial charge in [-0.3, -0.25) is 9.98 Å². The minimum absolute atomic E-state index is 0.151. The van der Waals surface area contributed by atoms with Crippen molar-refractivity contribution >= 4 is 53.9 Å². The number of benzene rings is 5. The number of anilines is 1. The minimum Gasteiger partial charge on any atom is -0.367 e. The fraction of sp³-hybridized carbons (Fsp3) is 0.179. The van der Waals surface area contributed by atoms with Crippen LogP contribution in [0.4, 0.5) is 5.69 Å². The molecule has 0 amide bonds. The second-order valence-electron chi connectivity index (χ2n) is 11.3. The summed E-state index contributed by atoms with van der Waals surface area (Å²) >= 11 is 0. The number of nitrogens with zero attached hydrogens (tertiary/aromatic N) is 2. The molecule has 5 rings (SSSR count). The van der Waals surface area contributed by atoms with Gasteiger partial charge in [-0.15, -0.1) is 0 Å². The summed E-state index contributed by atoms with van der Waals surface area (Å²) in [5.74, 6) is 0. The second-order valence-corrected chi connectivity index (χ2v) is 15.6. The first-order valence-corrected chi connectivity index (χ1v) is 18.2. The second kappa shape index (κ2) is 16.3. The monoisotopic (exact) mass is 628 g/mol. The Bertz CT molecular complexity index is 1590. The minimum atomic E-state index is -0.865. The third kappa shape index (κ3) is 9.21. The third-order valence-electron chi connectivity index (χ3n) is 6.87. The zero-order valence-electron chi connectivity index (χ0n) is 26.5. The van der Waals surface area contributed by atoms with Gasteiger partial charge in [-0.1, -0.05) is 133 Å². The SMILES string of the molecule is CC(C)N=C(Nc1cccc(CN=C(NC(C)C)P(c2ccccc2)c2ccccc2)c1)P(c1ccccc1)c1ccccc1. The van der Waals surface area contributed by atoms with Gasteiger partial charge in [0.05, 0.1) is 6.54 Å². The molecule has 5 aromatic carbocycles. The van der Waals surface area contributed by atoms with Crippen molar-refractivity contribution in [3.63, 3.8) is 0 Å². The van der Waals surface area contributed by atoms with Gasteiger partial charge in [0.15, 0.2) is 0 Å². The molecule has 0 saturated carbocycles. The van der Waals surface area contributed by atoms with E-state index in [4.69, 9.17) is 9.98 Å². The molecule has 2 N–H and O–H groups in total. The van der Waals surface area contributed by atoms with Crippen LogP contribution in [0, 0.1) is 0 Å². The lowest BCUT2D eigenvalue weighted by Gasteiger charge is -2.24. The molecular weight excluding hydrogens is 586 g/mol. The van der Waals surface area contributed by atoms with Gasteiger partial charge in [-0.25, -0.2) is 0 Å². The highest BCUT2D eigenvalue weighted by Gasteiger charge is 2.23. The summed E-state index contributed by atoms with van der Waals surface area (Å²) in [6.07, 6.45) is 0. The van der Waals surface area contributed by atoms with Crippen LogP contribution in [0.2, 0.25) is 0 Å². The summed E-state index contributed by atoms with van der Waals surface area (Å²) in [7, 11) is -1.69. The Morgan fingerprint density at radius 1 is 0.556 bits per heavy atom. The van der Waals surface area contributed by atoms with Crippen molar-refractivity contribution in [1.29, 1.82) is 0 Å². The van der Waals surface area contributed by atoms with E-state index in [0.717, 1.165) is 22.4 Å². The average molecular weight is 629 g/mol. The number of aliphatic imine (C=N–C) groups is 2. The van der Waals surface area contributed by atoms with Crippen LogP contribution in [0.1, 0.15) is 33.3 Å². The Morgan fingerprint density at radius 2 is 1.00 bits per heavy atom. The van der Waals surface area contributed by atoms with E-state index in [0.29, 0.717) is 6.54 Å². The van der Waals surface area contributed by atoms with E-state index in [-0.39, 0.29) is 12.1 Å². The molecule has 4 nitrogen and oxygen atoms in total. The smallest absolute Gasteiger partial charge is 0.133 e. The molecule has 0 aliphatic rings. The lowest BCUT2D eigenvalue weighted by atomic mass is 10.2. The van der Waals surface area contributed by atoms with Crippen LogP contribution in [-0.4, -0.2) is 23.2 Å². The highest BCUT2D eigenvalue weighted by molar-refractivity contribution is 7.88. The van der Waals surface area contributed by atoms with Crippen LogP contribution in [0.25, 0.3) is 0 Å². The first-order valence-electron chi connectivity index (χ1n) is 15.5. The molecule has 0 atom stereocenters. The topological polar surface area (TPSA) is 48.8 Å². The Labute approximate surface area is 271 Å². The number of rotatable bonds is 11. The fourth-order valence-corrected chi connectivity index (χ4v) is 9.61. The van der Waals surface area contributed by atoms with Crippen LogP contribution in [0.5, 0.6) is 0 Å². The van der Waals surface area contributed by atoms with Gasteiger partial charge in [0.2, 0.25) is 0 Å². The molecule has 0 heterocycles. The zero-order valence-corrected chi connectivity index (χ0v) is 28.3. The van der Waals surface area contributed by atoms with E-state index < -0.39 is 15.8 Å². The Balaban J connectivity index is 1.47. The van der Waals surface area contributed by atoms with E-state index in [1.165, 1.54) is 21.2 Å².